The highest BCUT2D eigenvalue weighted by atomic mass is 16.1. The third-order valence-electron chi connectivity index (χ3n) is 6.68. The molecule has 0 unspecified atom stereocenters. The topological polar surface area (TPSA) is 29.1 Å². The van der Waals surface area contributed by atoms with Crippen molar-refractivity contribution in [3.63, 3.8) is 0 Å². The van der Waals surface area contributed by atoms with E-state index in [1.54, 1.807) is 0 Å². The van der Waals surface area contributed by atoms with Crippen LogP contribution in [0.5, 0.6) is 0 Å². The summed E-state index contributed by atoms with van der Waals surface area (Å²) in [5.41, 5.74) is 4.57. The summed E-state index contributed by atoms with van der Waals surface area (Å²) in [7, 11) is 0. The quantitative estimate of drug-likeness (QED) is 0.637. The van der Waals surface area contributed by atoms with Gasteiger partial charge in [-0.2, -0.15) is 0 Å². The van der Waals surface area contributed by atoms with Crippen LogP contribution in [0.1, 0.15) is 40.7 Å². The number of benzene rings is 3. The molecule has 1 heterocycles. The van der Waals surface area contributed by atoms with E-state index in [2.05, 4.69) is 66.8 Å². The van der Waals surface area contributed by atoms with E-state index in [9.17, 15) is 4.79 Å². The largest absolute Gasteiger partial charge is 0.380 e. The van der Waals surface area contributed by atoms with Gasteiger partial charge in [0.2, 0.25) is 0 Å². The average Bonchev–Trinajstić information content (AvgIpc) is 3.18. The van der Waals surface area contributed by atoms with Crippen molar-refractivity contribution in [2.45, 2.75) is 30.7 Å². The summed E-state index contributed by atoms with van der Waals surface area (Å²) in [6.07, 6.45) is 0.875. The third-order valence-corrected chi connectivity index (χ3v) is 6.68. The van der Waals surface area contributed by atoms with E-state index in [1.807, 2.05) is 30.3 Å². The molecule has 0 saturated heterocycles. The number of nitrogens with one attached hydrogen (secondary N) is 1. The molecule has 1 fully saturated rings. The number of carbonyl (C=O) groups excluding carboxylic acids is 1. The van der Waals surface area contributed by atoms with E-state index in [0.29, 0.717) is 5.92 Å². The lowest BCUT2D eigenvalue weighted by atomic mass is 9.70. The lowest BCUT2D eigenvalue weighted by Gasteiger charge is -2.33. The van der Waals surface area contributed by atoms with Crippen molar-refractivity contribution in [3.05, 3.63) is 102 Å². The predicted molar refractivity (Wildman–Crippen MR) is 109 cm³/mol. The Kier molecular flexibility index (Phi) is 3.68. The number of hydrogen-bond acceptors (Lipinski definition) is 2. The fourth-order valence-electron chi connectivity index (χ4n) is 5.36. The monoisotopic (exact) mass is 353 g/mol. The van der Waals surface area contributed by atoms with E-state index in [-0.39, 0.29) is 23.2 Å². The van der Waals surface area contributed by atoms with E-state index >= 15 is 0 Å². The molecule has 0 radical (unpaired) electrons. The summed E-state index contributed by atoms with van der Waals surface area (Å²) in [4.78, 5) is 13.4. The van der Waals surface area contributed by atoms with Crippen LogP contribution in [0.25, 0.3) is 0 Å². The molecule has 0 spiro atoms. The Bertz CT molecular complexity index is 981. The molecular formula is C25H23NO. The maximum absolute atomic E-state index is 13.4. The van der Waals surface area contributed by atoms with Crippen LogP contribution in [0.15, 0.2) is 84.9 Å². The van der Waals surface area contributed by atoms with Gasteiger partial charge in [-0.05, 0) is 29.5 Å². The molecule has 134 valence electrons. The Balaban J connectivity index is 1.62. The molecule has 0 bridgehead atoms. The van der Waals surface area contributed by atoms with Crippen molar-refractivity contribution in [2.24, 2.45) is 5.92 Å². The number of rotatable bonds is 3. The predicted octanol–water partition coefficient (Wildman–Crippen LogP) is 5.43. The molecule has 1 saturated carbocycles. The molecule has 4 atom stereocenters. The Morgan fingerprint density at radius 2 is 1.52 bits per heavy atom. The summed E-state index contributed by atoms with van der Waals surface area (Å²) in [5.74, 6) is 0.540. The van der Waals surface area contributed by atoms with Crippen LogP contribution in [0, 0.1) is 5.92 Å². The number of Topliss-reactive ketones (excluding diaryl/α,β-unsaturated/α-hetero) is 1. The number of ketones is 1. The molecule has 2 aliphatic rings. The van der Waals surface area contributed by atoms with Crippen LogP contribution < -0.4 is 5.32 Å². The van der Waals surface area contributed by atoms with Crippen molar-refractivity contribution < 1.29 is 4.79 Å². The molecule has 2 nitrogen and oxygen atoms in total. The first-order chi connectivity index (χ1) is 13.2. The minimum Gasteiger partial charge on any atom is -0.380 e. The normalized spacial score (nSPS) is 28.3. The molecule has 1 aliphatic heterocycles. The van der Waals surface area contributed by atoms with Gasteiger partial charge < -0.3 is 5.32 Å². The van der Waals surface area contributed by atoms with Crippen LogP contribution in [-0.4, -0.2) is 11.8 Å². The second-order valence-corrected chi connectivity index (χ2v) is 7.99. The van der Waals surface area contributed by atoms with Gasteiger partial charge in [0.25, 0.3) is 0 Å². The first kappa shape index (κ1) is 16.3. The van der Waals surface area contributed by atoms with Gasteiger partial charge in [-0.1, -0.05) is 85.8 Å². The summed E-state index contributed by atoms with van der Waals surface area (Å²) in [6, 6.07) is 29.1. The van der Waals surface area contributed by atoms with E-state index in [1.165, 1.54) is 16.8 Å². The van der Waals surface area contributed by atoms with Gasteiger partial charge in [0.1, 0.15) is 0 Å². The molecule has 1 aliphatic carbocycles. The zero-order valence-electron chi connectivity index (χ0n) is 15.4. The molecular weight excluding hydrogens is 330 g/mol. The molecule has 3 aromatic rings. The summed E-state index contributed by atoms with van der Waals surface area (Å²) < 4.78 is 0. The van der Waals surface area contributed by atoms with Gasteiger partial charge in [0.15, 0.2) is 5.78 Å². The number of hydrogen-bond donors (Lipinski definition) is 1. The molecule has 0 amide bonds. The summed E-state index contributed by atoms with van der Waals surface area (Å²) >= 11 is 0. The van der Waals surface area contributed by atoms with Gasteiger partial charge in [-0.25, -0.2) is 0 Å². The number of anilines is 1. The second-order valence-electron chi connectivity index (χ2n) is 7.99. The van der Waals surface area contributed by atoms with Crippen LogP contribution >= 0.6 is 0 Å². The number of carbonyl (C=O) groups is 1. The van der Waals surface area contributed by atoms with Crippen LogP contribution in [0.3, 0.4) is 0 Å². The van der Waals surface area contributed by atoms with Crippen LogP contribution in [0.2, 0.25) is 0 Å². The SMILES string of the molecule is C[C@]12c3ccccc3N[C@@H]1[C@@H](C(=O)c1ccccc1)C[C@@H]2c1ccccc1. The average molecular weight is 353 g/mol. The number of fused-ring (bicyclic) bond motifs is 3. The fourth-order valence-corrected chi connectivity index (χ4v) is 5.36. The van der Waals surface area contributed by atoms with Gasteiger partial charge in [0.05, 0.1) is 0 Å². The first-order valence-electron chi connectivity index (χ1n) is 9.70. The maximum Gasteiger partial charge on any atom is 0.168 e. The molecule has 1 N–H and O–H groups in total. The minimum absolute atomic E-state index is 0.0324. The van der Waals surface area contributed by atoms with E-state index in [4.69, 9.17) is 0 Å². The fraction of sp³-hybridized carbons (Fsp3) is 0.240. The zero-order valence-corrected chi connectivity index (χ0v) is 15.4. The first-order valence-corrected chi connectivity index (χ1v) is 9.70. The highest BCUT2D eigenvalue weighted by Crippen LogP contribution is 2.59. The third kappa shape index (κ3) is 2.36. The van der Waals surface area contributed by atoms with Gasteiger partial charge in [0, 0.05) is 28.6 Å². The van der Waals surface area contributed by atoms with Crippen LogP contribution in [-0.2, 0) is 5.41 Å². The highest BCUT2D eigenvalue weighted by molar-refractivity contribution is 5.99. The van der Waals surface area contributed by atoms with Crippen LogP contribution in [0.4, 0.5) is 5.69 Å². The van der Waals surface area contributed by atoms with E-state index in [0.717, 1.165) is 12.0 Å². The molecule has 3 aromatic carbocycles. The number of para-hydroxylation sites is 1. The Hall–Kier alpha value is -2.87. The zero-order chi connectivity index (χ0) is 18.4. The molecule has 0 aromatic heterocycles. The Morgan fingerprint density at radius 1 is 0.889 bits per heavy atom. The standard InChI is InChI=1S/C25H23NO/c1-25-20-14-8-9-15-22(20)26-24(25)19(23(27)18-12-6-3-7-13-18)16-21(25)17-10-4-2-5-11-17/h2-15,19,21,24,26H,16H2,1H3/t19-,21-,24-,25-/m1/s1. The lowest BCUT2D eigenvalue weighted by molar-refractivity contribution is 0.0912. The lowest BCUT2D eigenvalue weighted by Crippen LogP contribution is -2.39. The second kappa shape index (κ2) is 6.09. The van der Waals surface area contributed by atoms with Crippen molar-refractivity contribution in [2.75, 3.05) is 5.32 Å². The van der Waals surface area contributed by atoms with Crippen molar-refractivity contribution in [3.8, 4) is 0 Å². The van der Waals surface area contributed by atoms with Gasteiger partial charge in [-0.3, -0.25) is 4.79 Å². The molecule has 2 heteroatoms. The van der Waals surface area contributed by atoms with Crippen molar-refractivity contribution in [1.82, 2.24) is 0 Å². The van der Waals surface area contributed by atoms with Crippen molar-refractivity contribution >= 4 is 11.5 Å². The van der Waals surface area contributed by atoms with Crippen molar-refractivity contribution in [1.29, 1.82) is 0 Å². The smallest absolute Gasteiger partial charge is 0.168 e. The summed E-state index contributed by atoms with van der Waals surface area (Å²) in [5, 5.41) is 3.72. The Morgan fingerprint density at radius 3 is 2.26 bits per heavy atom. The molecule has 27 heavy (non-hydrogen) atoms. The highest BCUT2D eigenvalue weighted by Gasteiger charge is 2.59. The van der Waals surface area contributed by atoms with E-state index < -0.39 is 0 Å². The van der Waals surface area contributed by atoms with Gasteiger partial charge >= 0.3 is 0 Å². The maximum atomic E-state index is 13.4. The minimum atomic E-state index is -0.0902. The molecule has 5 rings (SSSR count). The Labute approximate surface area is 160 Å². The van der Waals surface area contributed by atoms with Gasteiger partial charge in [-0.15, -0.1) is 0 Å². The summed E-state index contributed by atoms with van der Waals surface area (Å²) in [6.45, 7) is 2.34.